The summed E-state index contributed by atoms with van der Waals surface area (Å²) in [7, 11) is 0. The van der Waals surface area contributed by atoms with Gasteiger partial charge in [-0.05, 0) is 5.56 Å². The fourth-order valence-corrected chi connectivity index (χ4v) is 2.55. The molecule has 1 aromatic rings. The van der Waals surface area contributed by atoms with Crippen LogP contribution < -0.4 is 5.32 Å². The second-order valence-electron chi connectivity index (χ2n) is 4.92. The highest BCUT2D eigenvalue weighted by Gasteiger charge is 2.38. The maximum Gasteiger partial charge on any atom is 0.410 e. The number of nitrogens with one attached hydrogen (secondary N) is 1. The molecule has 2 saturated heterocycles. The number of morpholine rings is 1. The van der Waals surface area contributed by atoms with Gasteiger partial charge in [-0.2, -0.15) is 0 Å². The first kappa shape index (κ1) is 12.4. The van der Waals surface area contributed by atoms with Gasteiger partial charge in [0.2, 0.25) is 0 Å². The minimum Gasteiger partial charge on any atom is -0.445 e. The van der Waals surface area contributed by atoms with Crippen molar-refractivity contribution in [1.82, 2.24) is 10.2 Å². The number of fused-ring (bicyclic) bond motifs is 1. The molecule has 0 saturated carbocycles. The van der Waals surface area contributed by atoms with Gasteiger partial charge in [-0.25, -0.2) is 4.79 Å². The van der Waals surface area contributed by atoms with E-state index in [4.69, 9.17) is 9.47 Å². The normalized spacial score (nSPS) is 26.0. The third-order valence-corrected chi connectivity index (χ3v) is 3.57. The molecule has 2 unspecified atom stereocenters. The SMILES string of the molecule is O=C(OCc1ccccc1)N1CC2NCCOC2C1. The van der Waals surface area contributed by atoms with Gasteiger partial charge in [-0.3, -0.25) is 0 Å². The molecular formula is C14H18N2O3. The van der Waals surface area contributed by atoms with Crippen molar-refractivity contribution < 1.29 is 14.3 Å². The molecule has 2 heterocycles. The van der Waals surface area contributed by atoms with Gasteiger partial charge in [-0.1, -0.05) is 30.3 Å². The summed E-state index contributed by atoms with van der Waals surface area (Å²) >= 11 is 0. The highest BCUT2D eigenvalue weighted by molar-refractivity contribution is 5.68. The topological polar surface area (TPSA) is 50.8 Å². The average molecular weight is 262 g/mol. The molecule has 0 spiro atoms. The first-order chi connectivity index (χ1) is 9.33. The molecule has 0 radical (unpaired) electrons. The van der Waals surface area contributed by atoms with Crippen LogP contribution >= 0.6 is 0 Å². The van der Waals surface area contributed by atoms with Crippen molar-refractivity contribution in [3.8, 4) is 0 Å². The zero-order valence-corrected chi connectivity index (χ0v) is 10.7. The van der Waals surface area contributed by atoms with Crippen LogP contribution in [0.1, 0.15) is 5.56 Å². The van der Waals surface area contributed by atoms with Crippen LogP contribution in [0.3, 0.4) is 0 Å². The van der Waals surface area contributed by atoms with E-state index < -0.39 is 0 Å². The molecule has 5 heteroatoms. The van der Waals surface area contributed by atoms with Crippen LogP contribution in [-0.4, -0.2) is 49.4 Å². The first-order valence-electron chi connectivity index (χ1n) is 6.63. The van der Waals surface area contributed by atoms with Gasteiger partial charge in [0, 0.05) is 13.1 Å². The summed E-state index contributed by atoms with van der Waals surface area (Å²) in [6.07, 6.45) is -0.151. The quantitative estimate of drug-likeness (QED) is 0.863. The highest BCUT2D eigenvalue weighted by Crippen LogP contribution is 2.17. The number of benzene rings is 1. The molecule has 2 fully saturated rings. The highest BCUT2D eigenvalue weighted by atomic mass is 16.6. The van der Waals surface area contributed by atoms with E-state index in [2.05, 4.69) is 5.32 Å². The van der Waals surface area contributed by atoms with E-state index in [-0.39, 0.29) is 18.2 Å². The molecular weight excluding hydrogens is 244 g/mol. The molecule has 19 heavy (non-hydrogen) atoms. The van der Waals surface area contributed by atoms with E-state index in [9.17, 15) is 4.79 Å². The Kier molecular flexibility index (Phi) is 3.66. The van der Waals surface area contributed by atoms with Gasteiger partial charge in [0.1, 0.15) is 6.61 Å². The molecule has 1 amide bonds. The van der Waals surface area contributed by atoms with E-state index in [1.807, 2.05) is 30.3 Å². The Bertz CT molecular complexity index is 424. The first-order valence-corrected chi connectivity index (χ1v) is 6.63. The van der Waals surface area contributed by atoms with Crippen molar-refractivity contribution in [2.45, 2.75) is 18.8 Å². The van der Waals surface area contributed by atoms with Crippen LogP contribution in [0, 0.1) is 0 Å². The standard InChI is InChI=1S/C14H18N2O3/c17-14(19-10-11-4-2-1-3-5-11)16-8-12-13(9-16)18-7-6-15-12/h1-5,12-13,15H,6-10H2. The van der Waals surface area contributed by atoms with Gasteiger partial charge < -0.3 is 19.7 Å². The van der Waals surface area contributed by atoms with Gasteiger partial charge in [-0.15, -0.1) is 0 Å². The Balaban J connectivity index is 1.51. The molecule has 0 aromatic heterocycles. The molecule has 102 valence electrons. The molecule has 2 aliphatic heterocycles. The van der Waals surface area contributed by atoms with Crippen molar-refractivity contribution in [3.05, 3.63) is 35.9 Å². The molecule has 3 rings (SSSR count). The average Bonchev–Trinajstić information content (AvgIpc) is 2.90. The van der Waals surface area contributed by atoms with Crippen molar-refractivity contribution in [2.24, 2.45) is 0 Å². The summed E-state index contributed by atoms with van der Waals surface area (Å²) in [5.41, 5.74) is 1.00. The largest absolute Gasteiger partial charge is 0.445 e. The second kappa shape index (κ2) is 5.59. The Morgan fingerprint density at radius 3 is 3.00 bits per heavy atom. The second-order valence-corrected chi connectivity index (χ2v) is 4.92. The fraction of sp³-hybridized carbons (Fsp3) is 0.500. The monoisotopic (exact) mass is 262 g/mol. The predicted molar refractivity (Wildman–Crippen MR) is 69.7 cm³/mol. The number of carbonyl (C=O) groups is 1. The van der Waals surface area contributed by atoms with Crippen LogP contribution in [0.25, 0.3) is 0 Å². The minimum atomic E-state index is -0.261. The molecule has 2 atom stereocenters. The van der Waals surface area contributed by atoms with E-state index in [1.54, 1.807) is 4.90 Å². The molecule has 1 N–H and O–H groups in total. The number of amides is 1. The maximum atomic E-state index is 12.0. The Hall–Kier alpha value is -1.59. The summed E-state index contributed by atoms with van der Waals surface area (Å²) in [6.45, 7) is 3.17. The summed E-state index contributed by atoms with van der Waals surface area (Å²) in [4.78, 5) is 13.7. The number of likely N-dealkylation sites (tertiary alicyclic amines) is 1. The van der Waals surface area contributed by atoms with Gasteiger partial charge in [0.05, 0.1) is 25.3 Å². The lowest BCUT2D eigenvalue weighted by atomic mass is 10.2. The van der Waals surface area contributed by atoms with E-state index >= 15 is 0 Å². The fourth-order valence-electron chi connectivity index (χ4n) is 2.55. The molecule has 0 aliphatic carbocycles. The number of hydrogen-bond acceptors (Lipinski definition) is 4. The number of nitrogens with zero attached hydrogens (tertiary/aromatic N) is 1. The smallest absolute Gasteiger partial charge is 0.410 e. The Morgan fingerprint density at radius 2 is 2.21 bits per heavy atom. The number of ether oxygens (including phenoxy) is 2. The lowest BCUT2D eigenvalue weighted by Crippen LogP contribution is -2.47. The summed E-state index contributed by atoms with van der Waals surface area (Å²) in [5, 5.41) is 3.37. The molecule has 5 nitrogen and oxygen atoms in total. The van der Waals surface area contributed by atoms with Crippen LogP contribution in [0.4, 0.5) is 4.79 Å². The zero-order chi connectivity index (χ0) is 13.1. The number of carbonyl (C=O) groups excluding carboxylic acids is 1. The summed E-state index contributed by atoms with van der Waals surface area (Å²) in [5.74, 6) is 0. The van der Waals surface area contributed by atoms with Crippen LogP contribution in [0.15, 0.2) is 30.3 Å². The predicted octanol–water partition coefficient (Wildman–Crippen LogP) is 0.996. The van der Waals surface area contributed by atoms with E-state index in [0.29, 0.717) is 26.3 Å². The maximum absolute atomic E-state index is 12.0. The van der Waals surface area contributed by atoms with E-state index in [0.717, 1.165) is 12.1 Å². The molecule has 2 aliphatic rings. The van der Waals surface area contributed by atoms with Gasteiger partial charge >= 0.3 is 6.09 Å². The van der Waals surface area contributed by atoms with Crippen LogP contribution in [0.2, 0.25) is 0 Å². The molecule has 1 aromatic carbocycles. The summed E-state index contributed by atoms with van der Waals surface area (Å²) < 4.78 is 11.0. The number of hydrogen-bond donors (Lipinski definition) is 1. The van der Waals surface area contributed by atoms with E-state index in [1.165, 1.54) is 0 Å². The minimum absolute atomic E-state index is 0.109. The number of rotatable bonds is 2. The summed E-state index contributed by atoms with van der Waals surface area (Å²) in [6, 6.07) is 9.96. The van der Waals surface area contributed by atoms with Crippen molar-refractivity contribution >= 4 is 6.09 Å². The van der Waals surface area contributed by atoms with Crippen LogP contribution in [-0.2, 0) is 16.1 Å². The Labute approximate surface area is 112 Å². The van der Waals surface area contributed by atoms with Crippen molar-refractivity contribution in [1.29, 1.82) is 0 Å². The zero-order valence-electron chi connectivity index (χ0n) is 10.7. The lowest BCUT2D eigenvalue weighted by molar-refractivity contribution is 0.0171. The third-order valence-electron chi connectivity index (χ3n) is 3.57. The van der Waals surface area contributed by atoms with Crippen molar-refractivity contribution in [2.75, 3.05) is 26.2 Å². The lowest BCUT2D eigenvalue weighted by Gasteiger charge is -2.25. The third kappa shape index (κ3) is 2.88. The van der Waals surface area contributed by atoms with Gasteiger partial charge in [0.15, 0.2) is 0 Å². The Morgan fingerprint density at radius 1 is 1.37 bits per heavy atom. The molecule has 0 bridgehead atoms. The van der Waals surface area contributed by atoms with Crippen LogP contribution in [0.5, 0.6) is 0 Å². The van der Waals surface area contributed by atoms with Gasteiger partial charge in [0.25, 0.3) is 0 Å². The van der Waals surface area contributed by atoms with Crippen molar-refractivity contribution in [3.63, 3.8) is 0 Å².